The minimum atomic E-state index is -0.416. The van der Waals surface area contributed by atoms with Gasteiger partial charge in [0.25, 0.3) is 5.91 Å². The van der Waals surface area contributed by atoms with Crippen LogP contribution in [0.4, 0.5) is 5.69 Å². The van der Waals surface area contributed by atoms with E-state index in [9.17, 15) is 9.59 Å². The number of amides is 1. The minimum Gasteiger partial charge on any atom is -0.423 e. The number of carbonyl (C=O) groups excluding carboxylic acids is 2. The third-order valence-electron chi connectivity index (χ3n) is 4.01. The number of nitrogens with zero attached hydrogens (tertiary/aromatic N) is 1. The van der Waals surface area contributed by atoms with E-state index in [0.717, 1.165) is 16.8 Å². The molecule has 0 radical (unpaired) electrons. The van der Waals surface area contributed by atoms with Crippen LogP contribution in [0.5, 0.6) is 5.75 Å². The van der Waals surface area contributed by atoms with Gasteiger partial charge in [-0.3, -0.25) is 4.79 Å². The van der Waals surface area contributed by atoms with Crippen molar-refractivity contribution in [3.05, 3.63) is 95.6 Å². The van der Waals surface area contributed by atoms with E-state index in [1.165, 1.54) is 6.21 Å². The molecule has 0 saturated carbocycles. The summed E-state index contributed by atoms with van der Waals surface area (Å²) < 4.78 is 5.32. The highest BCUT2D eigenvalue weighted by atomic mass is 16.5. The van der Waals surface area contributed by atoms with Gasteiger partial charge in [-0.05, 0) is 61.0 Å². The molecular formula is C23H21N3O3. The van der Waals surface area contributed by atoms with Crippen LogP contribution >= 0.6 is 0 Å². The highest BCUT2D eigenvalue weighted by Gasteiger charge is 2.07. The molecule has 0 fully saturated rings. The fourth-order valence-corrected chi connectivity index (χ4v) is 2.43. The fraction of sp³-hybridized carbons (Fsp3) is 0.0870. The quantitative estimate of drug-likeness (QED) is 0.280. The molecule has 0 unspecified atom stereocenters. The molecule has 3 rings (SSSR count). The number of ether oxygens (including phenoxy) is 1. The second kappa shape index (κ2) is 9.85. The lowest BCUT2D eigenvalue weighted by Crippen LogP contribution is -2.25. The Morgan fingerprint density at radius 2 is 1.62 bits per heavy atom. The molecule has 0 saturated heterocycles. The number of hydrazone groups is 1. The molecule has 0 aliphatic heterocycles. The molecule has 0 aliphatic rings. The van der Waals surface area contributed by atoms with Crippen LogP contribution in [-0.4, -0.2) is 24.6 Å². The normalized spacial score (nSPS) is 10.5. The molecule has 0 heterocycles. The maximum Gasteiger partial charge on any atom is 0.343 e. The Bertz CT molecular complexity index is 982. The van der Waals surface area contributed by atoms with Gasteiger partial charge in [-0.2, -0.15) is 5.10 Å². The Morgan fingerprint density at radius 1 is 0.931 bits per heavy atom. The van der Waals surface area contributed by atoms with Crippen LogP contribution in [-0.2, 0) is 4.79 Å². The van der Waals surface area contributed by atoms with Crippen LogP contribution in [0.25, 0.3) is 0 Å². The molecule has 3 aromatic rings. The number of hydrogen-bond acceptors (Lipinski definition) is 5. The highest BCUT2D eigenvalue weighted by Crippen LogP contribution is 2.13. The average molecular weight is 387 g/mol. The summed E-state index contributed by atoms with van der Waals surface area (Å²) in [6.07, 6.45) is 1.52. The number of carbonyl (C=O) groups is 2. The second-order valence-electron chi connectivity index (χ2n) is 6.34. The third kappa shape index (κ3) is 6.32. The van der Waals surface area contributed by atoms with E-state index in [1.807, 2.05) is 37.3 Å². The van der Waals surface area contributed by atoms with Gasteiger partial charge in [0.05, 0.1) is 18.3 Å². The minimum absolute atomic E-state index is 0.120. The molecule has 0 bridgehead atoms. The van der Waals surface area contributed by atoms with E-state index in [0.29, 0.717) is 11.3 Å². The molecule has 3 aromatic carbocycles. The Balaban J connectivity index is 1.45. The van der Waals surface area contributed by atoms with E-state index in [-0.39, 0.29) is 12.5 Å². The Kier molecular flexibility index (Phi) is 6.73. The van der Waals surface area contributed by atoms with Crippen LogP contribution in [0.2, 0.25) is 0 Å². The molecule has 1 amide bonds. The van der Waals surface area contributed by atoms with Crippen molar-refractivity contribution in [3.63, 3.8) is 0 Å². The van der Waals surface area contributed by atoms with E-state index in [2.05, 4.69) is 15.8 Å². The molecule has 0 aliphatic carbocycles. The largest absolute Gasteiger partial charge is 0.423 e. The summed E-state index contributed by atoms with van der Waals surface area (Å²) in [5, 5.41) is 6.96. The van der Waals surface area contributed by atoms with Crippen LogP contribution in [0, 0.1) is 6.92 Å². The third-order valence-corrected chi connectivity index (χ3v) is 4.01. The van der Waals surface area contributed by atoms with Crippen molar-refractivity contribution in [3.8, 4) is 5.75 Å². The van der Waals surface area contributed by atoms with Gasteiger partial charge >= 0.3 is 5.97 Å². The number of benzene rings is 3. The van der Waals surface area contributed by atoms with Crippen molar-refractivity contribution in [2.75, 3.05) is 11.9 Å². The van der Waals surface area contributed by atoms with Gasteiger partial charge in [0.2, 0.25) is 0 Å². The van der Waals surface area contributed by atoms with Gasteiger partial charge < -0.3 is 10.1 Å². The summed E-state index contributed by atoms with van der Waals surface area (Å²) in [7, 11) is 0. The topological polar surface area (TPSA) is 79.8 Å². The zero-order valence-corrected chi connectivity index (χ0v) is 16.0. The summed E-state index contributed by atoms with van der Waals surface area (Å²) >= 11 is 0. The predicted octanol–water partition coefficient (Wildman–Crippen LogP) is 3.78. The summed E-state index contributed by atoms with van der Waals surface area (Å²) in [6, 6.07) is 23.4. The SMILES string of the molecule is Cc1ccc(NCC(=O)NN=Cc2ccc(OC(=O)c3ccccc3)cc2)cc1. The van der Waals surface area contributed by atoms with Gasteiger partial charge in [0.15, 0.2) is 0 Å². The molecule has 146 valence electrons. The molecular weight excluding hydrogens is 366 g/mol. The molecule has 0 atom stereocenters. The number of nitrogens with one attached hydrogen (secondary N) is 2. The Morgan fingerprint density at radius 3 is 2.31 bits per heavy atom. The monoisotopic (exact) mass is 387 g/mol. The molecule has 2 N–H and O–H groups in total. The van der Waals surface area contributed by atoms with Gasteiger partial charge in [-0.1, -0.05) is 35.9 Å². The first-order valence-corrected chi connectivity index (χ1v) is 9.10. The predicted molar refractivity (Wildman–Crippen MR) is 113 cm³/mol. The van der Waals surface area contributed by atoms with Crippen molar-refractivity contribution >= 4 is 23.8 Å². The first-order chi connectivity index (χ1) is 14.1. The van der Waals surface area contributed by atoms with Crippen molar-refractivity contribution in [2.24, 2.45) is 5.10 Å². The summed E-state index contributed by atoms with van der Waals surface area (Å²) in [5.41, 5.74) is 5.74. The zero-order valence-electron chi connectivity index (χ0n) is 16.0. The van der Waals surface area contributed by atoms with E-state index in [4.69, 9.17) is 4.74 Å². The number of anilines is 1. The Labute approximate surface area is 169 Å². The number of hydrogen-bond donors (Lipinski definition) is 2. The first kappa shape index (κ1) is 19.8. The van der Waals surface area contributed by atoms with Crippen molar-refractivity contribution in [1.82, 2.24) is 5.43 Å². The van der Waals surface area contributed by atoms with Gasteiger partial charge in [-0.15, -0.1) is 0 Å². The van der Waals surface area contributed by atoms with Crippen molar-refractivity contribution in [1.29, 1.82) is 0 Å². The second-order valence-corrected chi connectivity index (χ2v) is 6.34. The van der Waals surface area contributed by atoms with Crippen LogP contribution < -0.4 is 15.5 Å². The van der Waals surface area contributed by atoms with E-state index in [1.54, 1.807) is 48.5 Å². The van der Waals surface area contributed by atoms with Crippen LogP contribution in [0.15, 0.2) is 84.0 Å². The standard InChI is InChI=1S/C23H21N3O3/c1-17-7-11-20(12-8-17)24-16-22(27)26-25-15-18-9-13-21(14-10-18)29-23(28)19-5-3-2-4-6-19/h2-15,24H,16H2,1H3,(H,26,27). The van der Waals surface area contributed by atoms with Gasteiger partial charge in [0, 0.05) is 5.69 Å². The maximum absolute atomic E-state index is 12.0. The maximum atomic E-state index is 12.0. The summed E-state index contributed by atoms with van der Waals surface area (Å²) in [5.74, 6) is -0.238. The highest BCUT2D eigenvalue weighted by molar-refractivity contribution is 5.91. The van der Waals surface area contributed by atoms with E-state index < -0.39 is 5.97 Å². The Hall–Kier alpha value is -3.93. The fourth-order valence-electron chi connectivity index (χ4n) is 2.43. The molecule has 29 heavy (non-hydrogen) atoms. The van der Waals surface area contributed by atoms with Crippen LogP contribution in [0.3, 0.4) is 0 Å². The number of aryl methyl sites for hydroxylation is 1. The van der Waals surface area contributed by atoms with E-state index >= 15 is 0 Å². The van der Waals surface area contributed by atoms with Crippen molar-refractivity contribution < 1.29 is 14.3 Å². The van der Waals surface area contributed by atoms with Gasteiger partial charge in [-0.25, -0.2) is 10.2 Å². The first-order valence-electron chi connectivity index (χ1n) is 9.10. The molecule has 6 heteroatoms. The lowest BCUT2D eigenvalue weighted by atomic mass is 10.2. The van der Waals surface area contributed by atoms with Crippen LogP contribution in [0.1, 0.15) is 21.5 Å². The van der Waals surface area contributed by atoms with Crippen molar-refractivity contribution in [2.45, 2.75) is 6.92 Å². The van der Waals surface area contributed by atoms with Gasteiger partial charge in [0.1, 0.15) is 5.75 Å². The number of rotatable bonds is 7. The molecule has 0 spiro atoms. The summed E-state index contributed by atoms with van der Waals surface area (Å²) in [4.78, 5) is 23.9. The lowest BCUT2D eigenvalue weighted by molar-refractivity contribution is -0.119. The average Bonchev–Trinajstić information content (AvgIpc) is 2.75. The number of esters is 1. The molecule has 6 nitrogen and oxygen atoms in total. The smallest absolute Gasteiger partial charge is 0.343 e. The lowest BCUT2D eigenvalue weighted by Gasteiger charge is -2.05. The summed E-state index contributed by atoms with van der Waals surface area (Å²) in [6.45, 7) is 2.12. The molecule has 0 aromatic heterocycles. The zero-order chi connectivity index (χ0) is 20.5.